The van der Waals surface area contributed by atoms with Crippen molar-refractivity contribution in [1.29, 1.82) is 0 Å². The number of methoxy groups -OCH3 is 1. The average Bonchev–Trinajstić information content (AvgIpc) is 2.46. The molecule has 0 aliphatic heterocycles. The minimum Gasteiger partial charge on any atom is -0.383 e. The minimum absolute atomic E-state index is 0.220. The first-order valence-electron chi connectivity index (χ1n) is 6.62. The van der Waals surface area contributed by atoms with Gasteiger partial charge in [0.05, 0.1) is 13.2 Å². The van der Waals surface area contributed by atoms with Gasteiger partial charge in [-0.05, 0) is 19.4 Å². The van der Waals surface area contributed by atoms with Crippen molar-refractivity contribution in [3.8, 4) is 0 Å². The zero-order valence-corrected chi connectivity index (χ0v) is 11.9. The molecule has 1 N–H and O–H groups in total. The van der Waals surface area contributed by atoms with Crippen LogP contribution in [0, 0.1) is 0 Å². The van der Waals surface area contributed by atoms with Crippen LogP contribution in [0.2, 0.25) is 0 Å². The largest absolute Gasteiger partial charge is 0.383 e. The number of rotatable bonds is 9. The van der Waals surface area contributed by atoms with E-state index in [9.17, 15) is 9.59 Å². The van der Waals surface area contributed by atoms with E-state index in [0.717, 1.165) is 6.42 Å². The van der Waals surface area contributed by atoms with Gasteiger partial charge in [0.2, 0.25) is 0 Å². The summed E-state index contributed by atoms with van der Waals surface area (Å²) in [7, 11) is 1.54. The average molecular weight is 283 g/mol. The summed E-state index contributed by atoms with van der Waals surface area (Å²) in [4.78, 5) is 23.4. The normalized spacial score (nSPS) is 10.5. The molecule has 0 fully saturated rings. The Hall–Kier alpha value is -1.73. The summed E-state index contributed by atoms with van der Waals surface area (Å²) in [5.41, 5.74) is -0.0351. The molecule has 20 heavy (non-hydrogen) atoms. The highest BCUT2D eigenvalue weighted by atomic mass is 16.5. The Bertz CT molecular complexity index is 473. The van der Waals surface area contributed by atoms with Crippen LogP contribution in [0.1, 0.15) is 23.8 Å². The third-order valence-electron chi connectivity index (χ3n) is 2.56. The van der Waals surface area contributed by atoms with E-state index in [1.807, 2.05) is 6.92 Å². The van der Waals surface area contributed by atoms with E-state index in [1.54, 1.807) is 7.11 Å². The Morgan fingerprint density at radius 1 is 1.40 bits per heavy atom. The highest BCUT2D eigenvalue weighted by Gasteiger charge is 2.08. The van der Waals surface area contributed by atoms with Gasteiger partial charge in [0.25, 0.3) is 11.5 Å². The number of nitrogens with zero attached hydrogens (tertiary/aromatic N) is 2. The van der Waals surface area contributed by atoms with Gasteiger partial charge in [-0.15, -0.1) is 0 Å². The number of carbonyl (C=O) groups is 1. The van der Waals surface area contributed by atoms with Crippen molar-refractivity contribution < 1.29 is 14.3 Å². The SMILES string of the molecule is CCOCCCNC(=O)c1ccc(=O)n(CCOC)n1. The smallest absolute Gasteiger partial charge is 0.271 e. The van der Waals surface area contributed by atoms with Crippen LogP contribution in [0.15, 0.2) is 16.9 Å². The number of hydrogen-bond acceptors (Lipinski definition) is 5. The maximum Gasteiger partial charge on any atom is 0.271 e. The number of hydrogen-bond donors (Lipinski definition) is 1. The van der Waals surface area contributed by atoms with Gasteiger partial charge in [-0.25, -0.2) is 4.68 Å². The van der Waals surface area contributed by atoms with Gasteiger partial charge in [0, 0.05) is 32.9 Å². The molecule has 0 aliphatic rings. The zero-order chi connectivity index (χ0) is 14.8. The lowest BCUT2D eigenvalue weighted by Gasteiger charge is -2.07. The van der Waals surface area contributed by atoms with Crippen LogP contribution in [0.25, 0.3) is 0 Å². The molecule has 0 atom stereocenters. The van der Waals surface area contributed by atoms with Gasteiger partial charge in [-0.3, -0.25) is 9.59 Å². The van der Waals surface area contributed by atoms with Crippen molar-refractivity contribution in [3.63, 3.8) is 0 Å². The highest BCUT2D eigenvalue weighted by molar-refractivity contribution is 5.91. The molecule has 7 heteroatoms. The van der Waals surface area contributed by atoms with Crippen LogP contribution in [-0.4, -0.2) is 49.2 Å². The fourth-order valence-electron chi connectivity index (χ4n) is 1.52. The third-order valence-corrected chi connectivity index (χ3v) is 2.56. The van der Waals surface area contributed by atoms with Crippen molar-refractivity contribution in [3.05, 3.63) is 28.2 Å². The molecule has 0 aromatic carbocycles. The second kappa shape index (κ2) is 9.22. The molecule has 1 heterocycles. The van der Waals surface area contributed by atoms with E-state index >= 15 is 0 Å². The topological polar surface area (TPSA) is 82.5 Å². The molecular formula is C13H21N3O4. The van der Waals surface area contributed by atoms with Gasteiger partial charge in [0.15, 0.2) is 0 Å². The summed E-state index contributed by atoms with van der Waals surface area (Å²) in [5.74, 6) is -0.298. The summed E-state index contributed by atoms with van der Waals surface area (Å²) in [5, 5.41) is 6.74. The predicted molar refractivity (Wildman–Crippen MR) is 73.8 cm³/mol. The van der Waals surface area contributed by atoms with E-state index < -0.39 is 0 Å². The van der Waals surface area contributed by atoms with E-state index in [1.165, 1.54) is 16.8 Å². The van der Waals surface area contributed by atoms with Gasteiger partial charge >= 0.3 is 0 Å². The van der Waals surface area contributed by atoms with Gasteiger partial charge < -0.3 is 14.8 Å². The van der Waals surface area contributed by atoms with E-state index in [4.69, 9.17) is 9.47 Å². The fourth-order valence-corrected chi connectivity index (χ4v) is 1.52. The molecule has 0 saturated carbocycles. The number of nitrogens with one attached hydrogen (secondary N) is 1. The predicted octanol–water partition coefficient (Wildman–Crippen LogP) is 0.0461. The molecule has 0 saturated heterocycles. The minimum atomic E-state index is -0.298. The first kappa shape index (κ1) is 16.3. The summed E-state index contributed by atoms with van der Waals surface area (Å²) in [6.07, 6.45) is 0.739. The molecule has 0 unspecified atom stereocenters. The zero-order valence-electron chi connectivity index (χ0n) is 11.9. The maximum atomic E-state index is 11.9. The first-order chi connectivity index (χ1) is 9.69. The van der Waals surface area contributed by atoms with Crippen LogP contribution in [-0.2, 0) is 16.0 Å². The van der Waals surface area contributed by atoms with Crippen molar-refractivity contribution in [2.75, 3.05) is 33.5 Å². The van der Waals surface area contributed by atoms with Gasteiger partial charge in [-0.1, -0.05) is 0 Å². The second-order valence-corrected chi connectivity index (χ2v) is 4.08. The molecule has 1 rings (SSSR count). The molecule has 0 spiro atoms. The lowest BCUT2D eigenvalue weighted by atomic mass is 10.3. The van der Waals surface area contributed by atoms with Crippen molar-refractivity contribution in [1.82, 2.24) is 15.1 Å². The molecular weight excluding hydrogens is 262 g/mol. The van der Waals surface area contributed by atoms with Gasteiger partial charge in [0.1, 0.15) is 5.69 Å². The van der Waals surface area contributed by atoms with Crippen LogP contribution in [0.4, 0.5) is 0 Å². The number of ether oxygens (including phenoxy) is 2. The monoisotopic (exact) mass is 283 g/mol. The molecule has 7 nitrogen and oxygen atoms in total. The Morgan fingerprint density at radius 3 is 2.90 bits per heavy atom. The Kier molecular flexibility index (Phi) is 7.52. The Labute approximate surface area is 117 Å². The number of carbonyl (C=O) groups excluding carboxylic acids is 1. The standard InChI is InChI=1S/C13H21N3O4/c1-3-20-9-4-7-14-13(18)11-5-6-12(17)16(15-11)8-10-19-2/h5-6H,3-4,7-10H2,1-2H3,(H,14,18). The van der Waals surface area contributed by atoms with E-state index in [2.05, 4.69) is 10.4 Å². The number of aromatic nitrogens is 2. The highest BCUT2D eigenvalue weighted by Crippen LogP contribution is 1.92. The Balaban J connectivity index is 2.53. The first-order valence-corrected chi connectivity index (χ1v) is 6.62. The quantitative estimate of drug-likeness (QED) is 0.647. The summed E-state index contributed by atoms with van der Waals surface area (Å²) >= 11 is 0. The Morgan fingerprint density at radius 2 is 2.20 bits per heavy atom. The second-order valence-electron chi connectivity index (χ2n) is 4.08. The van der Waals surface area contributed by atoms with Crippen LogP contribution in [0.3, 0.4) is 0 Å². The molecule has 1 aromatic heterocycles. The third kappa shape index (κ3) is 5.50. The van der Waals surface area contributed by atoms with Crippen molar-refractivity contribution >= 4 is 5.91 Å². The van der Waals surface area contributed by atoms with E-state index in [0.29, 0.717) is 32.9 Å². The summed E-state index contributed by atoms with van der Waals surface area (Å²) < 4.78 is 11.3. The van der Waals surface area contributed by atoms with Crippen LogP contribution < -0.4 is 10.9 Å². The molecule has 1 aromatic rings. The van der Waals surface area contributed by atoms with Crippen LogP contribution in [0.5, 0.6) is 0 Å². The lowest BCUT2D eigenvalue weighted by Crippen LogP contribution is -2.31. The summed E-state index contributed by atoms with van der Waals surface area (Å²) in [6.45, 7) is 4.40. The molecule has 112 valence electrons. The van der Waals surface area contributed by atoms with Gasteiger partial charge in [-0.2, -0.15) is 5.10 Å². The lowest BCUT2D eigenvalue weighted by molar-refractivity contribution is 0.0935. The van der Waals surface area contributed by atoms with Crippen molar-refractivity contribution in [2.24, 2.45) is 0 Å². The molecule has 0 aliphatic carbocycles. The van der Waals surface area contributed by atoms with Crippen molar-refractivity contribution in [2.45, 2.75) is 19.9 Å². The summed E-state index contributed by atoms with van der Waals surface area (Å²) in [6, 6.07) is 2.75. The van der Waals surface area contributed by atoms with E-state index in [-0.39, 0.29) is 17.2 Å². The molecule has 0 bridgehead atoms. The molecule has 0 radical (unpaired) electrons. The fraction of sp³-hybridized carbons (Fsp3) is 0.615. The number of amides is 1. The molecule has 1 amide bonds. The maximum absolute atomic E-state index is 11.9. The van der Waals surface area contributed by atoms with Crippen LogP contribution >= 0.6 is 0 Å².